The molecular weight excluding hydrogens is 318 g/mol. The van der Waals surface area contributed by atoms with Crippen molar-refractivity contribution in [3.63, 3.8) is 0 Å². The van der Waals surface area contributed by atoms with Crippen LogP contribution in [0, 0.1) is 0 Å². The fourth-order valence-corrected chi connectivity index (χ4v) is 2.82. The molecule has 3 heterocycles. The maximum absolute atomic E-state index is 11.9. The van der Waals surface area contributed by atoms with Gasteiger partial charge in [0.25, 0.3) is 5.56 Å². The summed E-state index contributed by atoms with van der Waals surface area (Å²) in [6, 6.07) is 0. The first-order valence-electron chi connectivity index (χ1n) is 7.61. The fraction of sp³-hybridized carbons (Fsp3) is 0.643. The minimum atomic E-state index is -0.472. The topological polar surface area (TPSA) is 127 Å². The van der Waals surface area contributed by atoms with Crippen LogP contribution in [0.1, 0.15) is 12.6 Å². The van der Waals surface area contributed by atoms with E-state index in [9.17, 15) is 4.79 Å². The predicted octanol–water partition coefficient (Wildman–Crippen LogP) is -0.333. The van der Waals surface area contributed by atoms with Crippen molar-refractivity contribution in [1.82, 2.24) is 19.5 Å². The number of fused-ring (bicyclic) bond motifs is 1. The highest BCUT2D eigenvalue weighted by atomic mass is 16.6. The van der Waals surface area contributed by atoms with Crippen LogP contribution in [0.4, 0.5) is 5.95 Å². The zero-order valence-corrected chi connectivity index (χ0v) is 13.6. The summed E-state index contributed by atoms with van der Waals surface area (Å²) in [7, 11) is 3.23. The van der Waals surface area contributed by atoms with E-state index in [1.165, 1.54) is 6.33 Å². The lowest BCUT2D eigenvalue weighted by Crippen LogP contribution is -2.24. The quantitative estimate of drug-likeness (QED) is 0.657. The summed E-state index contributed by atoms with van der Waals surface area (Å²) < 4.78 is 23.7. The highest BCUT2D eigenvalue weighted by Crippen LogP contribution is 2.32. The number of aromatic amines is 1. The normalized spacial score (nSPS) is 24.0. The second-order valence-electron chi connectivity index (χ2n) is 5.52. The highest BCUT2D eigenvalue weighted by Gasteiger charge is 2.38. The van der Waals surface area contributed by atoms with Crippen LogP contribution in [-0.4, -0.2) is 65.8 Å². The van der Waals surface area contributed by atoms with E-state index in [0.29, 0.717) is 31.9 Å². The van der Waals surface area contributed by atoms with Gasteiger partial charge in [-0.25, -0.2) is 4.98 Å². The molecule has 0 amide bonds. The molecule has 24 heavy (non-hydrogen) atoms. The fourth-order valence-electron chi connectivity index (χ4n) is 2.82. The molecule has 1 aliphatic heterocycles. The van der Waals surface area contributed by atoms with Gasteiger partial charge in [0.05, 0.1) is 32.3 Å². The van der Waals surface area contributed by atoms with Crippen molar-refractivity contribution in [3.8, 4) is 0 Å². The molecular formula is C14H21N5O5. The van der Waals surface area contributed by atoms with Crippen molar-refractivity contribution in [2.45, 2.75) is 24.9 Å². The molecule has 0 spiro atoms. The molecule has 3 atom stereocenters. The Labute approximate surface area is 137 Å². The third-order valence-corrected chi connectivity index (χ3v) is 3.84. The summed E-state index contributed by atoms with van der Waals surface area (Å²) in [6.45, 7) is 1.36. The Morgan fingerprint density at radius 3 is 3.00 bits per heavy atom. The highest BCUT2D eigenvalue weighted by molar-refractivity contribution is 5.70. The predicted molar refractivity (Wildman–Crippen MR) is 84.6 cm³/mol. The molecule has 132 valence electrons. The Balaban J connectivity index is 1.91. The van der Waals surface area contributed by atoms with Crippen LogP contribution in [0.15, 0.2) is 11.1 Å². The summed E-state index contributed by atoms with van der Waals surface area (Å²) in [5.41, 5.74) is 5.82. The van der Waals surface area contributed by atoms with Gasteiger partial charge in [-0.1, -0.05) is 0 Å². The van der Waals surface area contributed by atoms with Crippen LogP contribution in [0.2, 0.25) is 0 Å². The number of hydrogen-bond donors (Lipinski definition) is 2. The first kappa shape index (κ1) is 16.8. The lowest BCUT2D eigenvalue weighted by Gasteiger charge is -2.20. The molecule has 0 aliphatic carbocycles. The summed E-state index contributed by atoms with van der Waals surface area (Å²) in [5, 5.41) is 0. The van der Waals surface area contributed by atoms with Gasteiger partial charge in [-0.2, -0.15) is 4.98 Å². The van der Waals surface area contributed by atoms with Gasteiger partial charge in [-0.05, 0) is 0 Å². The van der Waals surface area contributed by atoms with Crippen molar-refractivity contribution < 1.29 is 18.9 Å². The van der Waals surface area contributed by atoms with Crippen LogP contribution in [0.5, 0.6) is 0 Å². The minimum absolute atomic E-state index is 0.0255. The molecule has 2 aromatic heterocycles. The van der Waals surface area contributed by atoms with Gasteiger partial charge in [0.2, 0.25) is 5.95 Å². The number of imidazole rings is 1. The van der Waals surface area contributed by atoms with Crippen molar-refractivity contribution >= 4 is 17.1 Å². The second kappa shape index (κ2) is 7.26. The molecule has 0 aromatic carbocycles. The number of nitrogens with two attached hydrogens (primary N) is 1. The molecule has 0 saturated carbocycles. The van der Waals surface area contributed by atoms with E-state index in [0.717, 1.165) is 0 Å². The number of aromatic nitrogens is 4. The smallest absolute Gasteiger partial charge is 0.280 e. The van der Waals surface area contributed by atoms with Crippen LogP contribution in [0.25, 0.3) is 11.2 Å². The van der Waals surface area contributed by atoms with Crippen LogP contribution >= 0.6 is 0 Å². The van der Waals surface area contributed by atoms with Crippen LogP contribution in [-0.2, 0) is 18.9 Å². The third-order valence-electron chi connectivity index (χ3n) is 3.84. The van der Waals surface area contributed by atoms with Crippen molar-refractivity contribution in [1.29, 1.82) is 0 Å². The van der Waals surface area contributed by atoms with Crippen molar-refractivity contribution in [2.75, 3.05) is 39.8 Å². The number of nitrogens with one attached hydrogen (secondary N) is 1. The Bertz CT molecular complexity index is 745. The average Bonchev–Trinajstić information content (AvgIpc) is 3.12. The van der Waals surface area contributed by atoms with E-state index >= 15 is 0 Å². The van der Waals surface area contributed by atoms with E-state index in [1.54, 1.807) is 18.8 Å². The molecule has 0 bridgehead atoms. The lowest BCUT2D eigenvalue weighted by atomic mass is 10.2. The first-order valence-corrected chi connectivity index (χ1v) is 7.61. The van der Waals surface area contributed by atoms with E-state index in [-0.39, 0.29) is 29.2 Å². The van der Waals surface area contributed by atoms with Crippen molar-refractivity contribution in [3.05, 3.63) is 16.7 Å². The molecule has 1 unspecified atom stereocenters. The molecule has 2 aromatic rings. The van der Waals surface area contributed by atoms with Crippen molar-refractivity contribution in [2.24, 2.45) is 0 Å². The average molecular weight is 339 g/mol. The molecule has 10 heteroatoms. The molecule has 0 radical (unpaired) electrons. The van der Waals surface area contributed by atoms with E-state index in [1.807, 2.05) is 0 Å². The summed E-state index contributed by atoms with van der Waals surface area (Å²) in [5.74, 6) is 0.0255. The molecule has 1 aliphatic rings. The lowest BCUT2D eigenvalue weighted by molar-refractivity contribution is -0.0776. The number of methoxy groups -OCH3 is 2. The number of H-pyrrole nitrogens is 1. The molecule has 3 N–H and O–H groups in total. The number of nitrogens with zero attached hydrogens (tertiary/aromatic N) is 3. The van der Waals surface area contributed by atoms with E-state index in [4.69, 9.17) is 24.7 Å². The second-order valence-corrected chi connectivity index (χ2v) is 5.52. The Hall–Kier alpha value is -2.01. The van der Waals surface area contributed by atoms with E-state index < -0.39 is 6.23 Å². The molecule has 1 fully saturated rings. The molecule has 3 rings (SSSR count). The SMILES string of the molecule is COCCOC1C[C@@H](COC)O[C@H]1n1cnc2c(=O)[nH]c(N)nc21. The summed E-state index contributed by atoms with van der Waals surface area (Å²) in [6.07, 6.45) is 1.34. The summed E-state index contributed by atoms with van der Waals surface area (Å²) in [4.78, 5) is 22.6. The Morgan fingerprint density at radius 1 is 1.42 bits per heavy atom. The Kier molecular flexibility index (Phi) is 5.09. The molecule has 1 saturated heterocycles. The standard InChI is InChI=1S/C14H21N5O5/c1-21-3-4-23-9-5-8(6-22-2)24-13(9)19-7-16-10-11(19)17-14(15)18-12(10)20/h7-9,13H,3-6H2,1-2H3,(H3,15,17,18,20)/t8-,9?,13+/m0/s1. The maximum atomic E-state index is 11.9. The summed E-state index contributed by atoms with van der Waals surface area (Å²) >= 11 is 0. The molecule has 10 nitrogen and oxygen atoms in total. The number of rotatable bonds is 7. The number of nitrogen functional groups attached to an aromatic ring is 1. The monoisotopic (exact) mass is 339 g/mol. The largest absolute Gasteiger partial charge is 0.382 e. The van der Waals surface area contributed by atoms with Gasteiger partial charge >= 0.3 is 0 Å². The van der Waals surface area contributed by atoms with Gasteiger partial charge in [0, 0.05) is 20.6 Å². The van der Waals surface area contributed by atoms with Gasteiger partial charge in [-0.3, -0.25) is 14.3 Å². The first-order chi connectivity index (χ1) is 11.6. The maximum Gasteiger partial charge on any atom is 0.280 e. The van der Waals surface area contributed by atoms with Gasteiger partial charge < -0.3 is 24.7 Å². The van der Waals surface area contributed by atoms with Gasteiger partial charge in [-0.15, -0.1) is 0 Å². The Morgan fingerprint density at radius 2 is 2.25 bits per heavy atom. The third kappa shape index (κ3) is 3.26. The number of anilines is 1. The van der Waals surface area contributed by atoms with Crippen LogP contribution < -0.4 is 11.3 Å². The van der Waals surface area contributed by atoms with Crippen LogP contribution in [0.3, 0.4) is 0 Å². The zero-order chi connectivity index (χ0) is 17.1. The number of ether oxygens (including phenoxy) is 4. The van der Waals surface area contributed by atoms with Gasteiger partial charge in [0.15, 0.2) is 17.4 Å². The van der Waals surface area contributed by atoms with E-state index in [2.05, 4.69) is 15.0 Å². The number of hydrogen-bond acceptors (Lipinski definition) is 8. The minimum Gasteiger partial charge on any atom is -0.382 e. The van der Waals surface area contributed by atoms with Gasteiger partial charge in [0.1, 0.15) is 6.10 Å². The zero-order valence-electron chi connectivity index (χ0n) is 13.6.